The number of nitrogens with zero attached hydrogens (tertiary/aromatic N) is 2. The number of nitrogens with one attached hydrogen (secondary N) is 1. The van der Waals surface area contributed by atoms with E-state index in [1.54, 1.807) is 10.9 Å². The predicted octanol–water partition coefficient (Wildman–Crippen LogP) is 4.98. The van der Waals surface area contributed by atoms with Gasteiger partial charge in [0, 0.05) is 28.6 Å². The minimum Gasteiger partial charge on any atom is -0.399 e. The largest absolute Gasteiger partial charge is 0.399 e. The smallest absolute Gasteiger partial charge is 0.279 e. The Hall–Kier alpha value is -4.12. The van der Waals surface area contributed by atoms with Crippen molar-refractivity contribution in [1.82, 2.24) is 9.78 Å². The predicted molar refractivity (Wildman–Crippen MR) is 123 cm³/mol. The summed E-state index contributed by atoms with van der Waals surface area (Å²) in [6.07, 6.45) is 3.71. The van der Waals surface area contributed by atoms with Gasteiger partial charge in [-0.05, 0) is 43.3 Å². The lowest BCUT2D eigenvalue weighted by atomic mass is 10.0. The molecule has 0 amide bonds. The van der Waals surface area contributed by atoms with Crippen LogP contribution in [0.1, 0.15) is 16.7 Å². The zero-order valence-corrected chi connectivity index (χ0v) is 16.5. The van der Waals surface area contributed by atoms with Gasteiger partial charge in [0.2, 0.25) is 0 Å². The third-order valence-electron chi connectivity index (χ3n) is 5.28. The van der Waals surface area contributed by atoms with Gasteiger partial charge in [-0.1, -0.05) is 48.0 Å². The van der Waals surface area contributed by atoms with E-state index < -0.39 is 0 Å². The van der Waals surface area contributed by atoms with Crippen molar-refractivity contribution in [3.63, 3.8) is 0 Å². The highest BCUT2D eigenvalue weighted by Crippen LogP contribution is 2.33. The third kappa shape index (κ3) is 3.06. The van der Waals surface area contributed by atoms with Gasteiger partial charge >= 0.3 is 0 Å². The van der Waals surface area contributed by atoms with Gasteiger partial charge in [-0.25, -0.2) is 4.68 Å². The number of aromatic nitrogens is 2. The number of hydrogen-bond donors (Lipinski definition) is 2. The first kappa shape index (κ1) is 17.9. The van der Waals surface area contributed by atoms with E-state index in [0.29, 0.717) is 11.3 Å². The number of fused-ring (bicyclic) bond motifs is 1. The Bertz CT molecular complexity index is 1350. The van der Waals surface area contributed by atoms with Crippen LogP contribution in [0.4, 0.5) is 11.4 Å². The average molecular weight is 392 g/mol. The zero-order chi connectivity index (χ0) is 20.7. The lowest BCUT2D eigenvalue weighted by Gasteiger charge is -2.03. The molecule has 2 heterocycles. The normalized spacial score (nSPS) is 13.7. The van der Waals surface area contributed by atoms with Crippen LogP contribution in [0.3, 0.4) is 0 Å². The van der Waals surface area contributed by atoms with E-state index in [0.717, 1.165) is 39.3 Å². The number of para-hydroxylation sites is 1. The highest BCUT2D eigenvalue weighted by Gasteiger charge is 2.18. The van der Waals surface area contributed by atoms with Crippen LogP contribution in [0.5, 0.6) is 0 Å². The molecule has 146 valence electrons. The molecule has 30 heavy (non-hydrogen) atoms. The molecule has 1 aliphatic heterocycles. The first-order valence-corrected chi connectivity index (χ1v) is 9.73. The molecule has 0 bridgehead atoms. The van der Waals surface area contributed by atoms with Crippen molar-refractivity contribution in [3.05, 3.63) is 99.8 Å². The van der Waals surface area contributed by atoms with E-state index in [2.05, 4.69) is 10.1 Å². The van der Waals surface area contributed by atoms with E-state index in [4.69, 9.17) is 5.73 Å². The Balaban J connectivity index is 1.72. The van der Waals surface area contributed by atoms with Crippen LogP contribution in [0, 0.1) is 6.92 Å². The second kappa shape index (κ2) is 7.04. The lowest BCUT2D eigenvalue weighted by molar-refractivity contribution is 0.852. The molecule has 0 fully saturated rings. The molecule has 5 heteroatoms. The second-order valence-corrected chi connectivity index (χ2v) is 7.37. The van der Waals surface area contributed by atoms with Crippen LogP contribution in [-0.2, 0) is 0 Å². The molecule has 0 saturated heterocycles. The molecule has 0 atom stereocenters. The first-order valence-electron chi connectivity index (χ1n) is 9.73. The number of aryl methyl sites for hydroxylation is 1. The number of aromatic amines is 1. The molecule has 0 unspecified atom stereocenters. The summed E-state index contributed by atoms with van der Waals surface area (Å²) in [5, 5.41) is 3.29. The minimum atomic E-state index is -0.115. The monoisotopic (exact) mass is 392 g/mol. The molecule has 1 aromatic heterocycles. The van der Waals surface area contributed by atoms with Crippen molar-refractivity contribution in [3.8, 4) is 16.9 Å². The van der Waals surface area contributed by atoms with Gasteiger partial charge < -0.3 is 5.73 Å². The highest BCUT2D eigenvalue weighted by molar-refractivity contribution is 6.21. The number of allylic oxidation sites excluding steroid dienone is 1. The molecule has 0 radical (unpaired) electrons. The first-order chi connectivity index (χ1) is 14.6. The molecule has 4 aromatic rings. The maximum atomic E-state index is 13.4. The average Bonchev–Trinajstić information content (AvgIpc) is 3.32. The minimum absolute atomic E-state index is 0.115. The van der Waals surface area contributed by atoms with E-state index in [1.165, 1.54) is 0 Å². The standard InChI is InChI=1S/C25H20N4O/c1-16-6-12-20(13-7-16)29-25(30)22(24(28-29)17-8-10-19(26)11-9-17)14-18-15-27-23-5-3-2-4-21(18)23/h2-15,28H,26H2,1H3/b18-14-. The summed E-state index contributed by atoms with van der Waals surface area (Å²) in [5.41, 5.74) is 13.4. The molecule has 3 N–H and O–H groups in total. The number of aliphatic imine (C=N–C) groups is 1. The van der Waals surface area contributed by atoms with Gasteiger partial charge in [0.1, 0.15) is 0 Å². The molecule has 3 aromatic carbocycles. The third-order valence-corrected chi connectivity index (χ3v) is 5.28. The van der Waals surface area contributed by atoms with Crippen molar-refractivity contribution >= 4 is 29.2 Å². The second-order valence-electron chi connectivity index (χ2n) is 7.37. The summed E-state index contributed by atoms with van der Waals surface area (Å²) < 4.78 is 1.58. The molecular weight excluding hydrogens is 372 g/mol. The molecule has 5 rings (SSSR count). The number of nitrogen functional groups attached to an aromatic ring is 1. The number of rotatable bonds is 3. The quantitative estimate of drug-likeness (QED) is 0.483. The molecule has 0 spiro atoms. The fourth-order valence-electron chi connectivity index (χ4n) is 3.64. The Morgan fingerprint density at radius 2 is 1.70 bits per heavy atom. The number of nitrogens with two attached hydrogens (primary N) is 1. The van der Waals surface area contributed by atoms with Crippen molar-refractivity contribution in [2.24, 2.45) is 4.99 Å². The summed E-state index contributed by atoms with van der Waals surface area (Å²) in [7, 11) is 0. The Morgan fingerprint density at radius 1 is 0.967 bits per heavy atom. The van der Waals surface area contributed by atoms with Gasteiger partial charge in [-0.3, -0.25) is 14.9 Å². The van der Waals surface area contributed by atoms with Crippen LogP contribution in [0.2, 0.25) is 0 Å². The lowest BCUT2D eigenvalue weighted by Crippen LogP contribution is -2.15. The SMILES string of the molecule is Cc1ccc(-n2[nH]c(-c3ccc(N)cc3)c(/C=C3/C=Nc4ccccc43)c2=O)cc1. The Labute approximate surface area is 173 Å². The van der Waals surface area contributed by atoms with E-state index in [9.17, 15) is 4.79 Å². The summed E-state index contributed by atoms with van der Waals surface area (Å²) in [6.45, 7) is 2.02. The van der Waals surface area contributed by atoms with Crippen LogP contribution in [0.25, 0.3) is 28.6 Å². The number of anilines is 1. The van der Waals surface area contributed by atoms with Crippen LogP contribution in [-0.4, -0.2) is 16.0 Å². The number of H-pyrrole nitrogens is 1. The molecular formula is C25H20N4O. The summed E-state index contributed by atoms with van der Waals surface area (Å²) in [4.78, 5) is 17.9. The van der Waals surface area contributed by atoms with E-state index in [1.807, 2.05) is 85.8 Å². The topological polar surface area (TPSA) is 76.2 Å². The maximum Gasteiger partial charge on any atom is 0.279 e. The van der Waals surface area contributed by atoms with Crippen molar-refractivity contribution < 1.29 is 0 Å². The van der Waals surface area contributed by atoms with Crippen molar-refractivity contribution in [2.75, 3.05) is 5.73 Å². The van der Waals surface area contributed by atoms with Gasteiger partial charge in [-0.15, -0.1) is 0 Å². The maximum absolute atomic E-state index is 13.4. The van der Waals surface area contributed by atoms with Gasteiger partial charge in [0.15, 0.2) is 0 Å². The van der Waals surface area contributed by atoms with Crippen molar-refractivity contribution in [2.45, 2.75) is 6.92 Å². The van der Waals surface area contributed by atoms with Crippen molar-refractivity contribution in [1.29, 1.82) is 0 Å². The molecule has 5 nitrogen and oxygen atoms in total. The summed E-state index contributed by atoms with van der Waals surface area (Å²) >= 11 is 0. The summed E-state index contributed by atoms with van der Waals surface area (Å²) in [5.74, 6) is 0. The van der Waals surface area contributed by atoms with Crippen LogP contribution in [0.15, 0.2) is 82.6 Å². The summed E-state index contributed by atoms with van der Waals surface area (Å²) in [6, 6.07) is 23.3. The molecule has 0 saturated carbocycles. The highest BCUT2D eigenvalue weighted by atomic mass is 16.1. The van der Waals surface area contributed by atoms with Crippen LogP contribution < -0.4 is 11.3 Å². The molecule has 0 aliphatic carbocycles. The number of hydrogen-bond acceptors (Lipinski definition) is 3. The van der Waals surface area contributed by atoms with E-state index in [-0.39, 0.29) is 5.56 Å². The molecule has 1 aliphatic rings. The van der Waals surface area contributed by atoms with Gasteiger partial charge in [-0.2, -0.15) is 0 Å². The van der Waals surface area contributed by atoms with Crippen LogP contribution >= 0.6 is 0 Å². The van der Waals surface area contributed by atoms with Gasteiger partial charge in [0.25, 0.3) is 5.56 Å². The Kier molecular flexibility index (Phi) is 4.21. The fourth-order valence-corrected chi connectivity index (χ4v) is 3.64. The van der Waals surface area contributed by atoms with E-state index >= 15 is 0 Å². The number of benzene rings is 3. The van der Waals surface area contributed by atoms with Gasteiger partial charge in [0.05, 0.1) is 22.6 Å². The fraction of sp³-hybridized carbons (Fsp3) is 0.0400. The Morgan fingerprint density at radius 3 is 2.47 bits per heavy atom. The zero-order valence-electron chi connectivity index (χ0n) is 16.5.